The van der Waals surface area contributed by atoms with E-state index in [1.54, 1.807) is 30.4 Å². The maximum atomic E-state index is 12.8. The van der Waals surface area contributed by atoms with Crippen LogP contribution in [-0.4, -0.2) is 38.1 Å². The van der Waals surface area contributed by atoms with Gasteiger partial charge in [0.05, 0.1) is 12.0 Å². The number of rotatable bonds is 3. The molecule has 0 spiro atoms. The van der Waals surface area contributed by atoms with Gasteiger partial charge in [-0.05, 0) is 11.6 Å². The highest BCUT2D eigenvalue weighted by Gasteiger charge is 2.43. The van der Waals surface area contributed by atoms with Crippen LogP contribution >= 0.6 is 11.5 Å². The molecule has 2 aromatic rings. The molecule has 2 aromatic heterocycles. The van der Waals surface area contributed by atoms with Crippen LogP contribution in [0.4, 0.5) is 5.13 Å². The quantitative estimate of drug-likeness (QED) is 0.909. The minimum absolute atomic E-state index is 0.0540. The first-order chi connectivity index (χ1) is 11.8. The molecule has 132 valence electrons. The van der Waals surface area contributed by atoms with Gasteiger partial charge in [0, 0.05) is 42.8 Å². The van der Waals surface area contributed by atoms with Gasteiger partial charge < -0.3 is 10.2 Å². The fraction of sp³-hybridized carbons (Fsp3) is 0.471. The molecule has 0 unspecified atom stereocenters. The van der Waals surface area contributed by atoms with E-state index in [4.69, 9.17) is 0 Å². The minimum Gasteiger partial charge on any atom is -0.338 e. The normalized spacial score (nSPS) is 20.8. The summed E-state index contributed by atoms with van der Waals surface area (Å²) in [6.07, 6.45) is 3.54. The van der Waals surface area contributed by atoms with Gasteiger partial charge in [-0.1, -0.05) is 26.8 Å². The number of nitrogens with zero attached hydrogens (tertiary/aromatic N) is 4. The van der Waals surface area contributed by atoms with Gasteiger partial charge >= 0.3 is 0 Å². The Hall–Kier alpha value is -2.35. The van der Waals surface area contributed by atoms with Gasteiger partial charge in [0.1, 0.15) is 5.82 Å². The molecule has 1 aliphatic rings. The molecule has 0 radical (unpaired) electrons. The van der Waals surface area contributed by atoms with Crippen LogP contribution in [0, 0.1) is 5.92 Å². The molecule has 0 aromatic carbocycles. The summed E-state index contributed by atoms with van der Waals surface area (Å²) in [5.74, 6) is -0.0651. The van der Waals surface area contributed by atoms with Crippen LogP contribution in [0.3, 0.4) is 0 Å². The van der Waals surface area contributed by atoms with Crippen molar-refractivity contribution in [2.75, 3.05) is 12.4 Å². The van der Waals surface area contributed by atoms with Gasteiger partial charge in [-0.15, -0.1) is 0 Å². The number of pyridine rings is 1. The molecule has 7 nitrogen and oxygen atoms in total. The van der Waals surface area contributed by atoms with Gasteiger partial charge in [-0.2, -0.15) is 4.37 Å². The molecule has 2 atom stereocenters. The summed E-state index contributed by atoms with van der Waals surface area (Å²) >= 11 is 1.16. The van der Waals surface area contributed by atoms with Gasteiger partial charge in [0.2, 0.25) is 16.9 Å². The molecule has 1 N–H and O–H groups in total. The van der Waals surface area contributed by atoms with Gasteiger partial charge in [-0.3, -0.25) is 14.6 Å². The number of carbonyl (C=O) groups excluding carboxylic acids is 2. The number of aromatic nitrogens is 3. The van der Waals surface area contributed by atoms with Gasteiger partial charge in [0.25, 0.3) is 0 Å². The third-order valence-electron chi connectivity index (χ3n) is 4.28. The van der Waals surface area contributed by atoms with Crippen LogP contribution in [0.25, 0.3) is 0 Å². The lowest BCUT2D eigenvalue weighted by Crippen LogP contribution is -2.30. The van der Waals surface area contributed by atoms with Crippen molar-refractivity contribution in [2.45, 2.75) is 38.6 Å². The molecule has 0 saturated carbocycles. The Bertz CT molecular complexity index is 784. The smallest absolute Gasteiger partial charge is 0.232 e. The second kappa shape index (κ2) is 6.51. The maximum absolute atomic E-state index is 12.8. The van der Waals surface area contributed by atoms with Gasteiger partial charge in [-0.25, -0.2) is 4.98 Å². The third-order valence-corrected chi connectivity index (χ3v) is 4.91. The van der Waals surface area contributed by atoms with E-state index < -0.39 is 5.92 Å². The Balaban J connectivity index is 1.80. The lowest BCUT2D eigenvalue weighted by Gasteiger charge is -2.24. The first-order valence-electron chi connectivity index (χ1n) is 8.08. The maximum Gasteiger partial charge on any atom is 0.232 e. The number of carbonyl (C=O) groups is 2. The lowest BCUT2D eigenvalue weighted by atomic mass is 9.94. The molecule has 0 bridgehead atoms. The van der Waals surface area contributed by atoms with Crippen molar-refractivity contribution in [3.05, 3.63) is 35.9 Å². The fourth-order valence-corrected chi connectivity index (χ4v) is 3.65. The van der Waals surface area contributed by atoms with Crippen molar-refractivity contribution in [1.29, 1.82) is 0 Å². The van der Waals surface area contributed by atoms with Crippen molar-refractivity contribution in [2.24, 2.45) is 5.92 Å². The Morgan fingerprint density at radius 3 is 2.76 bits per heavy atom. The molecule has 3 heterocycles. The highest BCUT2D eigenvalue weighted by molar-refractivity contribution is 7.09. The van der Waals surface area contributed by atoms with Crippen molar-refractivity contribution in [3.8, 4) is 0 Å². The van der Waals surface area contributed by atoms with E-state index in [9.17, 15) is 9.59 Å². The summed E-state index contributed by atoms with van der Waals surface area (Å²) in [6, 6.07) is 3.37. The number of hydrogen-bond donors (Lipinski definition) is 1. The molecular weight excluding hydrogens is 338 g/mol. The number of nitrogens with one attached hydrogen (secondary N) is 1. The molecule has 0 aliphatic carbocycles. The topological polar surface area (TPSA) is 88.1 Å². The predicted octanol–water partition coefficient (Wildman–Crippen LogP) is 2.39. The summed E-state index contributed by atoms with van der Waals surface area (Å²) in [6.45, 7) is 6.05. The second-order valence-corrected chi connectivity index (χ2v) is 7.96. The van der Waals surface area contributed by atoms with Crippen molar-refractivity contribution >= 4 is 28.5 Å². The highest BCUT2D eigenvalue weighted by Crippen LogP contribution is 2.37. The van der Waals surface area contributed by atoms with E-state index in [-0.39, 0.29) is 29.7 Å². The number of likely N-dealkylation sites (tertiary alicyclic amines) is 1. The van der Waals surface area contributed by atoms with Crippen LogP contribution in [0.15, 0.2) is 24.5 Å². The fourth-order valence-electron chi connectivity index (χ4n) is 2.89. The Kier molecular flexibility index (Phi) is 4.55. The van der Waals surface area contributed by atoms with E-state index in [0.29, 0.717) is 11.0 Å². The van der Waals surface area contributed by atoms with E-state index in [1.807, 2.05) is 26.8 Å². The van der Waals surface area contributed by atoms with Gasteiger partial charge in [0.15, 0.2) is 0 Å². The molecule has 1 saturated heterocycles. The average molecular weight is 359 g/mol. The Morgan fingerprint density at radius 2 is 2.16 bits per heavy atom. The van der Waals surface area contributed by atoms with E-state index in [0.717, 1.165) is 17.1 Å². The average Bonchev–Trinajstić information content (AvgIpc) is 3.14. The minimum atomic E-state index is -0.483. The first kappa shape index (κ1) is 17.5. The Morgan fingerprint density at radius 1 is 1.40 bits per heavy atom. The van der Waals surface area contributed by atoms with Crippen LogP contribution in [0.1, 0.15) is 44.6 Å². The zero-order valence-corrected chi connectivity index (χ0v) is 15.5. The molecule has 25 heavy (non-hydrogen) atoms. The molecule has 2 amide bonds. The second-order valence-electron chi connectivity index (χ2n) is 7.21. The summed E-state index contributed by atoms with van der Waals surface area (Å²) in [4.78, 5) is 35.1. The van der Waals surface area contributed by atoms with Crippen LogP contribution in [0.2, 0.25) is 0 Å². The van der Waals surface area contributed by atoms with Crippen molar-refractivity contribution < 1.29 is 9.59 Å². The third kappa shape index (κ3) is 3.53. The molecular formula is C17H21N5O2S. The number of hydrogen-bond acceptors (Lipinski definition) is 6. The molecule has 3 rings (SSSR count). The number of anilines is 1. The van der Waals surface area contributed by atoms with E-state index >= 15 is 0 Å². The highest BCUT2D eigenvalue weighted by atomic mass is 32.1. The van der Waals surface area contributed by atoms with Crippen molar-refractivity contribution in [3.63, 3.8) is 0 Å². The van der Waals surface area contributed by atoms with E-state index in [1.165, 1.54) is 0 Å². The monoisotopic (exact) mass is 359 g/mol. The molecule has 1 fully saturated rings. The van der Waals surface area contributed by atoms with E-state index in [2.05, 4.69) is 19.7 Å². The zero-order valence-electron chi connectivity index (χ0n) is 14.7. The standard InChI is InChI=1S/C17H21N5O2S/c1-17(2,3)15-20-16(25-21-15)19-14(24)11-8-12(23)22(4)13(11)10-6-5-7-18-9-10/h5-7,9,11,13H,8H2,1-4H3,(H,19,20,21,24)/t11-,13+/m0/s1. The Labute approximate surface area is 150 Å². The SMILES string of the molecule is CN1C(=O)C[C@H](C(=O)Nc2nc(C(C)(C)C)ns2)[C@H]1c1cccnc1. The van der Waals surface area contributed by atoms with Crippen molar-refractivity contribution in [1.82, 2.24) is 19.2 Å². The lowest BCUT2D eigenvalue weighted by molar-refractivity contribution is -0.127. The first-order valence-corrected chi connectivity index (χ1v) is 8.85. The number of amides is 2. The summed E-state index contributed by atoms with van der Waals surface area (Å²) < 4.78 is 4.30. The summed E-state index contributed by atoms with van der Waals surface area (Å²) in [5, 5.41) is 3.28. The zero-order chi connectivity index (χ0) is 18.2. The predicted molar refractivity (Wildman–Crippen MR) is 95.1 cm³/mol. The van der Waals surface area contributed by atoms with Crippen LogP contribution < -0.4 is 5.32 Å². The molecule has 8 heteroatoms. The summed E-state index contributed by atoms with van der Waals surface area (Å²) in [5.41, 5.74) is 0.671. The van der Waals surface area contributed by atoms with Crippen LogP contribution in [0.5, 0.6) is 0 Å². The largest absolute Gasteiger partial charge is 0.338 e. The summed E-state index contributed by atoms with van der Waals surface area (Å²) in [7, 11) is 1.72. The van der Waals surface area contributed by atoms with Crippen LogP contribution in [-0.2, 0) is 15.0 Å². The molecule has 1 aliphatic heterocycles.